The van der Waals surface area contributed by atoms with Crippen LogP contribution in [0.2, 0.25) is 0 Å². The van der Waals surface area contributed by atoms with Gasteiger partial charge >= 0.3 is 0 Å². The van der Waals surface area contributed by atoms with E-state index in [0.717, 1.165) is 5.56 Å². The van der Waals surface area contributed by atoms with E-state index in [-0.39, 0.29) is 0 Å². The lowest BCUT2D eigenvalue weighted by Crippen LogP contribution is -2.07. The number of aliphatic hydroxyl groups is 1. The van der Waals surface area contributed by atoms with Crippen molar-refractivity contribution < 1.29 is 5.11 Å². The molecule has 2 aromatic rings. The lowest BCUT2D eigenvalue weighted by Gasteiger charge is -2.10. The molecule has 2 rings (SSSR count). The predicted molar refractivity (Wildman–Crippen MR) is 56.0 cm³/mol. The van der Waals surface area contributed by atoms with Gasteiger partial charge in [0.2, 0.25) is 0 Å². The maximum absolute atomic E-state index is 9.97. The summed E-state index contributed by atoms with van der Waals surface area (Å²) in [7, 11) is 0. The van der Waals surface area contributed by atoms with Crippen molar-refractivity contribution >= 4 is 5.82 Å². The van der Waals surface area contributed by atoms with E-state index < -0.39 is 6.10 Å². The highest BCUT2D eigenvalue weighted by Crippen LogP contribution is 2.23. The summed E-state index contributed by atoms with van der Waals surface area (Å²) in [6.07, 6.45) is 4.04. The number of aromatic amines is 1. The molecular formula is C10H12N4O. The van der Waals surface area contributed by atoms with Gasteiger partial charge in [-0.2, -0.15) is 0 Å². The number of hydrogen-bond donors (Lipinski definition) is 3. The van der Waals surface area contributed by atoms with Crippen LogP contribution in [0.1, 0.15) is 23.1 Å². The molecular weight excluding hydrogens is 192 g/mol. The van der Waals surface area contributed by atoms with Gasteiger partial charge in [-0.25, -0.2) is 9.97 Å². The van der Waals surface area contributed by atoms with Crippen LogP contribution in [0.25, 0.3) is 0 Å². The van der Waals surface area contributed by atoms with E-state index in [2.05, 4.69) is 15.0 Å². The number of hydrogen-bond acceptors (Lipinski definition) is 4. The fourth-order valence-electron chi connectivity index (χ4n) is 1.40. The Kier molecular flexibility index (Phi) is 2.39. The van der Waals surface area contributed by atoms with Gasteiger partial charge in [-0.05, 0) is 18.6 Å². The molecule has 5 nitrogen and oxygen atoms in total. The highest BCUT2D eigenvalue weighted by molar-refractivity contribution is 5.44. The summed E-state index contributed by atoms with van der Waals surface area (Å²) in [5.74, 6) is 0.790. The van der Waals surface area contributed by atoms with Crippen molar-refractivity contribution in [3.8, 4) is 0 Å². The number of rotatable bonds is 2. The zero-order chi connectivity index (χ0) is 10.8. The second-order valence-corrected chi connectivity index (χ2v) is 3.36. The third-order valence-corrected chi connectivity index (χ3v) is 2.16. The molecule has 2 heterocycles. The van der Waals surface area contributed by atoms with Crippen LogP contribution in [0.5, 0.6) is 0 Å². The molecule has 78 valence electrons. The highest BCUT2D eigenvalue weighted by Gasteiger charge is 2.16. The molecule has 2 aromatic heterocycles. The molecule has 0 saturated carbocycles. The van der Waals surface area contributed by atoms with E-state index in [4.69, 9.17) is 5.73 Å². The quantitative estimate of drug-likeness (QED) is 0.674. The molecule has 1 atom stereocenters. The molecule has 0 saturated heterocycles. The summed E-state index contributed by atoms with van der Waals surface area (Å²) in [6, 6.07) is 1.80. The maximum Gasteiger partial charge on any atom is 0.140 e. The minimum absolute atomic E-state index is 0.324. The maximum atomic E-state index is 9.97. The highest BCUT2D eigenvalue weighted by atomic mass is 16.3. The Balaban J connectivity index is 2.41. The number of aliphatic hydroxyl groups excluding tert-OH is 1. The summed E-state index contributed by atoms with van der Waals surface area (Å²) >= 11 is 0. The monoisotopic (exact) mass is 204 g/mol. The Morgan fingerprint density at radius 1 is 1.47 bits per heavy atom. The van der Waals surface area contributed by atoms with Crippen molar-refractivity contribution in [1.29, 1.82) is 0 Å². The molecule has 15 heavy (non-hydrogen) atoms. The van der Waals surface area contributed by atoms with Crippen LogP contribution in [0.4, 0.5) is 5.82 Å². The first-order valence-corrected chi connectivity index (χ1v) is 4.58. The van der Waals surface area contributed by atoms with Gasteiger partial charge < -0.3 is 15.8 Å². The van der Waals surface area contributed by atoms with Crippen LogP contribution in [-0.4, -0.2) is 20.1 Å². The van der Waals surface area contributed by atoms with E-state index in [1.807, 2.05) is 6.92 Å². The standard InChI is InChI=1S/C10H12N4O/c1-6-4-7(9(11)14-5-6)8(15)10-12-2-3-13-10/h2-5,8,15H,1H3,(H2,11,14)(H,12,13). The van der Waals surface area contributed by atoms with Crippen molar-refractivity contribution in [2.45, 2.75) is 13.0 Å². The van der Waals surface area contributed by atoms with Crippen LogP contribution in [0.15, 0.2) is 24.7 Å². The second kappa shape index (κ2) is 3.70. The molecule has 5 heteroatoms. The molecule has 0 amide bonds. The largest absolute Gasteiger partial charge is 0.383 e. The summed E-state index contributed by atoms with van der Waals surface area (Å²) in [5, 5.41) is 9.97. The molecule has 0 aliphatic heterocycles. The lowest BCUT2D eigenvalue weighted by atomic mass is 10.1. The van der Waals surface area contributed by atoms with Gasteiger partial charge in [-0.15, -0.1) is 0 Å². The van der Waals surface area contributed by atoms with Gasteiger partial charge in [0.15, 0.2) is 0 Å². The Labute approximate surface area is 87.0 Å². The number of imidazole rings is 1. The summed E-state index contributed by atoms with van der Waals surface area (Å²) in [4.78, 5) is 10.8. The summed E-state index contributed by atoms with van der Waals surface area (Å²) in [5.41, 5.74) is 7.21. The van der Waals surface area contributed by atoms with Gasteiger partial charge in [0, 0.05) is 24.2 Å². The van der Waals surface area contributed by atoms with Gasteiger partial charge in [0.1, 0.15) is 17.7 Å². The number of nitrogen functional groups attached to an aromatic ring is 1. The second-order valence-electron chi connectivity index (χ2n) is 3.36. The molecule has 0 spiro atoms. The molecule has 0 fully saturated rings. The minimum atomic E-state index is -0.854. The van der Waals surface area contributed by atoms with Crippen LogP contribution in [0.3, 0.4) is 0 Å². The first-order chi connectivity index (χ1) is 7.18. The smallest absolute Gasteiger partial charge is 0.140 e. The zero-order valence-electron chi connectivity index (χ0n) is 8.31. The number of nitrogens with one attached hydrogen (secondary N) is 1. The topological polar surface area (TPSA) is 87.8 Å². The Morgan fingerprint density at radius 3 is 2.93 bits per heavy atom. The summed E-state index contributed by atoms with van der Waals surface area (Å²) < 4.78 is 0. The molecule has 4 N–H and O–H groups in total. The van der Waals surface area contributed by atoms with Gasteiger partial charge in [0.25, 0.3) is 0 Å². The van der Waals surface area contributed by atoms with E-state index in [0.29, 0.717) is 17.2 Å². The van der Waals surface area contributed by atoms with Crippen molar-refractivity contribution in [3.63, 3.8) is 0 Å². The van der Waals surface area contributed by atoms with Crippen LogP contribution in [-0.2, 0) is 0 Å². The van der Waals surface area contributed by atoms with Crippen LogP contribution >= 0.6 is 0 Å². The fourth-order valence-corrected chi connectivity index (χ4v) is 1.40. The number of pyridine rings is 1. The number of nitrogens with two attached hydrogens (primary N) is 1. The summed E-state index contributed by atoms with van der Waals surface area (Å²) in [6.45, 7) is 1.89. The Morgan fingerprint density at radius 2 is 2.27 bits per heavy atom. The van der Waals surface area contributed by atoms with Crippen LogP contribution in [0, 0.1) is 6.92 Å². The third-order valence-electron chi connectivity index (χ3n) is 2.16. The number of nitrogens with zero attached hydrogens (tertiary/aromatic N) is 2. The molecule has 0 aliphatic carbocycles. The first-order valence-electron chi connectivity index (χ1n) is 4.58. The Bertz CT molecular complexity index is 452. The van der Waals surface area contributed by atoms with Gasteiger partial charge in [-0.3, -0.25) is 0 Å². The fraction of sp³-hybridized carbons (Fsp3) is 0.200. The van der Waals surface area contributed by atoms with E-state index >= 15 is 0 Å². The van der Waals surface area contributed by atoms with Crippen LogP contribution < -0.4 is 5.73 Å². The minimum Gasteiger partial charge on any atom is -0.383 e. The Hall–Kier alpha value is -1.88. The molecule has 0 bridgehead atoms. The van der Waals surface area contributed by atoms with E-state index in [1.54, 1.807) is 24.7 Å². The normalized spacial score (nSPS) is 12.7. The number of aryl methyl sites for hydroxylation is 1. The van der Waals surface area contributed by atoms with Crippen molar-refractivity contribution in [2.24, 2.45) is 0 Å². The SMILES string of the molecule is Cc1cnc(N)c(C(O)c2ncc[nH]2)c1. The number of anilines is 1. The van der Waals surface area contributed by atoms with Gasteiger partial charge in [-0.1, -0.05) is 0 Å². The average molecular weight is 204 g/mol. The predicted octanol–water partition coefficient (Wildman–Crippen LogP) is 0.777. The van der Waals surface area contributed by atoms with E-state index in [1.165, 1.54) is 0 Å². The van der Waals surface area contributed by atoms with Crippen molar-refractivity contribution in [1.82, 2.24) is 15.0 Å². The molecule has 1 unspecified atom stereocenters. The lowest BCUT2D eigenvalue weighted by molar-refractivity contribution is 0.211. The number of aromatic nitrogens is 3. The zero-order valence-corrected chi connectivity index (χ0v) is 8.31. The average Bonchev–Trinajstić information content (AvgIpc) is 2.74. The van der Waals surface area contributed by atoms with Gasteiger partial charge in [0.05, 0.1) is 0 Å². The molecule has 0 radical (unpaired) electrons. The van der Waals surface area contributed by atoms with Crippen molar-refractivity contribution in [3.05, 3.63) is 41.6 Å². The molecule has 0 aromatic carbocycles. The first kappa shape index (κ1) is 9.67. The number of H-pyrrole nitrogens is 1. The third kappa shape index (κ3) is 1.82. The molecule has 0 aliphatic rings. The van der Waals surface area contributed by atoms with E-state index in [9.17, 15) is 5.11 Å². The van der Waals surface area contributed by atoms with Crippen molar-refractivity contribution in [2.75, 3.05) is 5.73 Å².